The normalized spacial score (nSPS) is 18.1. The Bertz CT molecular complexity index is 1010. The third-order valence-corrected chi connectivity index (χ3v) is 8.54. The molecule has 1 aromatic heterocycles. The van der Waals surface area contributed by atoms with Crippen LogP contribution >= 0.6 is 0 Å². The molecule has 31 heavy (non-hydrogen) atoms. The number of phenols is 1. The maximum atomic E-state index is 12.9. The number of aromatic hydroxyl groups is 1. The first-order valence-electron chi connectivity index (χ1n) is 11.5. The minimum Gasteiger partial charge on any atom is -0.505 e. The van der Waals surface area contributed by atoms with Gasteiger partial charge in [-0.3, -0.25) is 4.68 Å². The van der Waals surface area contributed by atoms with Crippen LogP contribution in [0.3, 0.4) is 0 Å². The van der Waals surface area contributed by atoms with Crippen molar-refractivity contribution in [3.63, 3.8) is 0 Å². The quantitative estimate of drug-likeness (QED) is 0.706. The molecule has 4 rings (SSSR count). The van der Waals surface area contributed by atoms with E-state index in [2.05, 4.69) is 29.1 Å². The van der Waals surface area contributed by atoms with Crippen LogP contribution in [-0.2, 0) is 29.9 Å². The van der Waals surface area contributed by atoms with Crippen molar-refractivity contribution in [3.05, 3.63) is 35.7 Å². The second-order valence-corrected chi connectivity index (χ2v) is 10.9. The lowest BCUT2D eigenvalue weighted by molar-refractivity contribution is 0.275. The zero-order valence-corrected chi connectivity index (χ0v) is 19.4. The third kappa shape index (κ3) is 4.60. The number of piperidine rings is 1. The van der Waals surface area contributed by atoms with Crippen LogP contribution in [0.2, 0.25) is 0 Å². The molecule has 0 atom stereocenters. The molecule has 1 aliphatic carbocycles. The van der Waals surface area contributed by atoms with Crippen molar-refractivity contribution in [2.45, 2.75) is 56.8 Å². The van der Waals surface area contributed by atoms with Crippen LogP contribution in [0.15, 0.2) is 29.4 Å². The van der Waals surface area contributed by atoms with Crippen LogP contribution in [0.25, 0.3) is 0 Å². The molecule has 0 unspecified atom stereocenters. The molecule has 1 aliphatic heterocycles. The van der Waals surface area contributed by atoms with E-state index >= 15 is 0 Å². The highest BCUT2D eigenvalue weighted by atomic mass is 32.2. The van der Waals surface area contributed by atoms with E-state index in [0.717, 1.165) is 62.9 Å². The van der Waals surface area contributed by atoms with Crippen LogP contribution < -0.4 is 4.90 Å². The van der Waals surface area contributed by atoms with Crippen molar-refractivity contribution in [1.82, 2.24) is 14.1 Å². The molecule has 170 valence electrons. The molecule has 2 aromatic rings. The van der Waals surface area contributed by atoms with Crippen molar-refractivity contribution in [1.29, 1.82) is 0 Å². The standard InChI is InChI=1S/C23H34N4O3S/c1-3-12-26(22-9-8-19-6-4-5-7-21(19)23(22)28)16-18-10-13-27(14-11-18)31(29,30)20-15-24-25(2)17-20/h8-9,15,17-18,28H,3-7,10-14,16H2,1-2H3. The summed E-state index contributed by atoms with van der Waals surface area (Å²) in [5, 5.41) is 15.0. The number of aryl methyl sites for hydroxylation is 2. The maximum absolute atomic E-state index is 12.9. The van der Waals surface area contributed by atoms with Gasteiger partial charge >= 0.3 is 0 Å². The minimum atomic E-state index is -3.48. The summed E-state index contributed by atoms with van der Waals surface area (Å²) in [4.78, 5) is 2.57. The Morgan fingerprint density at radius 2 is 1.94 bits per heavy atom. The molecule has 0 bridgehead atoms. The summed E-state index contributed by atoms with van der Waals surface area (Å²) in [6.45, 7) is 4.95. The molecule has 7 nitrogen and oxygen atoms in total. The van der Waals surface area contributed by atoms with Crippen LogP contribution in [0.5, 0.6) is 5.75 Å². The Morgan fingerprint density at radius 3 is 2.61 bits per heavy atom. The molecule has 1 fully saturated rings. The van der Waals surface area contributed by atoms with Crippen LogP contribution in [0, 0.1) is 5.92 Å². The van der Waals surface area contributed by atoms with Gasteiger partial charge < -0.3 is 10.0 Å². The zero-order valence-electron chi connectivity index (χ0n) is 18.6. The smallest absolute Gasteiger partial charge is 0.246 e. The molecule has 0 saturated carbocycles. The number of anilines is 1. The van der Waals surface area contributed by atoms with Crippen molar-refractivity contribution in [3.8, 4) is 5.75 Å². The number of sulfonamides is 1. The lowest BCUT2D eigenvalue weighted by atomic mass is 9.90. The first kappa shape index (κ1) is 22.1. The Morgan fingerprint density at radius 1 is 1.19 bits per heavy atom. The Labute approximate surface area is 185 Å². The van der Waals surface area contributed by atoms with Gasteiger partial charge in [0.05, 0.1) is 11.9 Å². The summed E-state index contributed by atoms with van der Waals surface area (Å²) in [6.07, 6.45) is 9.99. The second kappa shape index (κ2) is 9.20. The molecule has 2 heterocycles. The molecular formula is C23H34N4O3S. The van der Waals surface area contributed by atoms with E-state index in [1.54, 1.807) is 17.5 Å². The molecule has 0 spiro atoms. The van der Waals surface area contributed by atoms with E-state index in [1.807, 2.05) is 0 Å². The van der Waals surface area contributed by atoms with Gasteiger partial charge in [0.25, 0.3) is 0 Å². The van der Waals surface area contributed by atoms with Crippen molar-refractivity contribution >= 4 is 15.7 Å². The van der Waals surface area contributed by atoms with Gasteiger partial charge in [0.15, 0.2) is 0 Å². The predicted octanol–water partition coefficient (Wildman–Crippen LogP) is 3.32. The summed E-state index contributed by atoms with van der Waals surface area (Å²) in [5.41, 5.74) is 3.35. The van der Waals surface area contributed by atoms with Gasteiger partial charge in [-0.2, -0.15) is 9.40 Å². The van der Waals surface area contributed by atoms with E-state index in [4.69, 9.17) is 0 Å². The Balaban J connectivity index is 1.44. The van der Waals surface area contributed by atoms with Crippen LogP contribution in [-0.4, -0.2) is 53.8 Å². The van der Waals surface area contributed by atoms with Crippen molar-refractivity contribution in [2.24, 2.45) is 13.0 Å². The van der Waals surface area contributed by atoms with Gasteiger partial charge in [0.2, 0.25) is 10.0 Å². The van der Waals surface area contributed by atoms with Gasteiger partial charge in [0.1, 0.15) is 10.6 Å². The lowest BCUT2D eigenvalue weighted by Gasteiger charge is -2.35. The summed E-state index contributed by atoms with van der Waals surface area (Å²) < 4.78 is 28.8. The maximum Gasteiger partial charge on any atom is 0.246 e. The van der Waals surface area contributed by atoms with Crippen LogP contribution in [0.1, 0.15) is 50.2 Å². The number of nitrogens with zero attached hydrogens (tertiary/aromatic N) is 4. The predicted molar refractivity (Wildman–Crippen MR) is 122 cm³/mol. The van der Waals surface area contributed by atoms with E-state index in [0.29, 0.717) is 24.8 Å². The molecule has 1 N–H and O–H groups in total. The van der Waals surface area contributed by atoms with Crippen molar-refractivity contribution in [2.75, 3.05) is 31.1 Å². The van der Waals surface area contributed by atoms with Gasteiger partial charge in [-0.15, -0.1) is 0 Å². The molecule has 2 aliphatic rings. The Kier molecular flexibility index (Phi) is 6.57. The SMILES string of the molecule is CCCN(CC1CCN(S(=O)(=O)c2cnn(C)c2)CC1)c1ccc2c(c1O)CCCC2. The fourth-order valence-electron chi connectivity index (χ4n) is 4.96. The van der Waals surface area contributed by atoms with E-state index in [1.165, 1.54) is 22.9 Å². The van der Waals surface area contributed by atoms with Gasteiger partial charge in [-0.05, 0) is 68.1 Å². The largest absolute Gasteiger partial charge is 0.505 e. The monoisotopic (exact) mass is 446 g/mol. The van der Waals surface area contributed by atoms with Gasteiger partial charge in [0, 0.05) is 39.4 Å². The fraction of sp³-hybridized carbons (Fsp3) is 0.609. The molecular weight excluding hydrogens is 412 g/mol. The molecule has 0 radical (unpaired) electrons. The number of fused-ring (bicyclic) bond motifs is 1. The molecule has 1 aromatic carbocycles. The van der Waals surface area contributed by atoms with E-state index in [9.17, 15) is 13.5 Å². The lowest BCUT2D eigenvalue weighted by Crippen LogP contribution is -2.41. The minimum absolute atomic E-state index is 0.264. The van der Waals surface area contributed by atoms with Gasteiger partial charge in [-0.1, -0.05) is 13.0 Å². The fourth-order valence-corrected chi connectivity index (χ4v) is 6.41. The number of hydrogen-bond donors (Lipinski definition) is 1. The van der Waals surface area contributed by atoms with E-state index < -0.39 is 10.0 Å². The zero-order chi connectivity index (χ0) is 22.0. The highest BCUT2D eigenvalue weighted by Gasteiger charge is 2.31. The van der Waals surface area contributed by atoms with Crippen molar-refractivity contribution < 1.29 is 13.5 Å². The highest BCUT2D eigenvalue weighted by Crippen LogP contribution is 2.38. The number of phenolic OH excluding ortho intramolecular Hbond substituents is 1. The molecule has 8 heteroatoms. The summed E-state index contributed by atoms with van der Waals surface area (Å²) >= 11 is 0. The van der Waals surface area contributed by atoms with Crippen LogP contribution in [0.4, 0.5) is 5.69 Å². The molecule has 0 amide bonds. The van der Waals surface area contributed by atoms with Gasteiger partial charge in [-0.25, -0.2) is 8.42 Å². The average molecular weight is 447 g/mol. The second-order valence-electron chi connectivity index (χ2n) is 8.92. The third-order valence-electron chi connectivity index (χ3n) is 6.69. The topological polar surface area (TPSA) is 78.7 Å². The number of hydrogen-bond acceptors (Lipinski definition) is 5. The first-order chi connectivity index (χ1) is 14.9. The van der Waals surface area contributed by atoms with E-state index in [-0.39, 0.29) is 4.90 Å². The number of rotatable bonds is 7. The molecule has 1 saturated heterocycles. The highest BCUT2D eigenvalue weighted by molar-refractivity contribution is 7.89. The summed E-state index contributed by atoms with van der Waals surface area (Å²) in [5.74, 6) is 0.865. The number of benzene rings is 1. The number of aromatic nitrogens is 2. The summed E-state index contributed by atoms with van der Waals surface area (Å²) in [7, 11) is -1.75. The summed E-state index contributed by atoms with van der Waals surface area (Å²) in [6, 6.07) is 4.27. The Hall–Kier alpha value is -2.06. The average Bonchev–Trinajstić information content (AvgIpc) is 3.22. The first-order valence-corrected chi connectivity index (χ1v) is 12.9.